The standard InChI is InChI=1S/C17H18FNO4S/c1-23-16-7-6-13(10-15(16)18)24(21,22)19-11-17(20)9-8-12-4-2-3-5-14(12)17/h2-7,10,19-20H,8-9,11H2,1H3. The van der Waals surface area contributed by atoms with Gasteiger partial charge in [-0.15, -0.1) is 0 Å². The van der Waals surface area contributed by atoms with Crippen molar-refractivity contribution in [2.24, 2.45) is 0 Å². The van der Waals surface area contributed by atoms with Gasteiger partial charge >= 0.3 is 0 Å². The topological polar surface area (TPSA) is 75.6 Å². The number of aliphatic hydroxyl groups is 1. The van der Waals surface area contributed by atoms with Gasteiger partial charge in [-0.25, -0.2) is 17.5 Å². The molecule has 0 fully saturated rings. The van der Waals surface area contributed by atoms with Crippen LogP contribution < -0.4 is 9.46 Å². The van der Waals surface area contributed by atoms with E-state index in [1.165, 1.54) is 19.2 Å². The van der Waals surface area contributed by atoms with Crippen LogP contribution in [-0.4, -0.2) is 27.2 Å². The summed E-state index contributed by atoms with van der Waals surface area (Å²) in [6.07, 6.45) is 1.12. The van der Waals surface area contributed by atoms with Crippen LogP contribution in [0, 0.1) is 5.82 Å². The van der Waals surface area contributed by atoms with Crippen molar-refractivity contribution in [1.29, 1.82) is 0 Å². The Kier molecular flexibility index (Phi) is 4.33. The van der Waals surface area contributed by atoms with E-state index in [0.717, 1.165) is 17.2 Å². The Morgan fingerprint density at radius 3 is 2.75 bits per heavy atom. The number of aryl methyl sites for hydroxylation is 1. The fraction of sp³-hybridized carbons (Fsp3) is 0.294. The number of rotatable bonds is 5. The zero-order valence-corrected chi connectivity index (χ0v) is 13.9. The van der Waals surface area contributed by atoms with Crippen LogP contribution in [0.2, 0.25) is 0 Å². The maximum atomic E-state index is 13.7. The largest absolute Gasteiger partial charge is 0.494 e. The molecule has 0 bridgehead atoms. The second-order valence-corrected chi connectivity index (χ2v) is 7.58. The molecule has 1 atom stereocenters. The Bertz CT molecular complexity index is 869. The van der Waals surface area contributed by atoms with Gasteiger partial charge in [-0.2, -0.15) is 0 Å². The summed E-state index contributed by atoms with van der Waals surface area (Å²) in [5.41, 5.74) is 0.484. The average molecular weight is 351 g/mol. The lowest BCUT2D eigenvalue weighted by molar-refractivity contribution is 0.0442. The van der Waals surface area contributed by atoms with Gasteiger partial charge in [-0.05, 0) is 42.2 Å². The van der Waals surface area contributed by atoms with Crippen molar-refractivity contribution in [2.45, 2.75) is 23.3 Å². The molecular weight excluding hydrogens is 333 g/mol. The quantitative estimate of drug-likeness (QED) is 0.863. The maximum absolute atomic E-state index is 13.7. The van der Waals surface area contributed by atoms with E-state index in [1.54, 1.807) is 6.07 Å². The van der Waals surface area contributed by atoms with Gasteiger partial charge in [0.15, 0.2) is 11.6 Å². The number of hydrogen-bond acceptors (Lipinski definition) is 4. The predicted molar refractivity (Wildman–Crippen MR) is 86.8 cm³/mol. The molecule has 0 amide bonds. The van der Waals surface area contributed by atoms with Crippen molar-refractivity contribution in [2.75, 3.05) is 13.7 Å². The Labute approximate surface area is 140 Å². The van der Waals surface area contributed by atoms with Gasteiger partial charge in [0.05, 0.1) is 12.0 Å². The fourth-order valence-corrected chi connectivity index (χ4v) is 4.07. The number of hydrogen-bond donors (Lipinski definition) is 2. The molecule has 0 aliphatic heterocycles. The van der Waals surface area contributed by atoms with Crippen LogP contribution in [0.1, 0.15) is 17.5 Å². The molecule has 2 N–H and O–H groups in total. The molecule has 2 aromatic carbocycles. The van der Waals surface area contributed by atoms with Gasteiger partial charge in [0.2, 0.25) is 10.0 Å². The molecule has 0 aromatic heterocycles. The SMILES string of the molecule is COc1ccc(S(=O)(=O)NCC2(O)CCc3ccccc32)cc1F. The molecule has 3 rings (SSSR count). The Hall–Kier alpha value is -1.96. The Morgan fingerprint density at radius 1 is 1.29 bits per heavy atom. The van der Waals surface area contributed by atoms with Gasteiger partial charge in [-0.1, -0.05) is 24.3 Å². The highest BCUT2D eigenvalue weighted by Gasteiger charge is 2.37. The third-order valence-corrected chi connectivity index (χ3v) is 5.71. The summed E-state index contributed by atoms with van der Waals surface area (Å²) in [7, 11) is -2.64. The van der Waals surface area contributed by atoms with Crippen molar-refractivity contribution in [3.05, 3.63) is 59.4 Å². The maximum Gasteiger partial charge on any atom is 0.240 e. The smallest absolute Gasteiger partial charge is 0.240 e. The van der Waals surface area contributed by atoms with Crippen LogP contribution in [0.25, 0.3) is 0 Å². The van der Waals surface area contributed by atoms with Crippen LogP contribution in [-0.2, 0) is 22.0 Å². The summed E-state index contributed by atoms with van der Waals surface area (Å²) >= 11 is 0. The third-order valence-electron chi connectivity index (χ3n) is 4.31. The van der Waals surface area contributed by atoms with E-state index in [9.17, 15) is 17.9 Å². The minimum Gasteiger partial charge on any atom is -0.494 e. The van der Waals surface area contributed by atoms with Crippen molar-refractivity contribution in [3.63, 3.8) is 0 Å². The van der Waals surface area contributed by atoms with E-state index in [1.807, 2.05) is 18.2 Å². The minimum absolute atomic E-state index is 0.0303. The monoisotopic (exact) mass is 351 g/mol. The van der Waals surface area contributed by atoms with Crippen LogP contribution in [0.4, 0.5) is 4.39 Å². The molecule has 2 aromatic rings. The highest BCUT2D eigenvalue weighted by atomic mass is 32.2. The molecule has 0 spiro atoms. The molecule has 1 unspecified atom stereocenters. The van der Waals surface area contributed by atoms with Gasteiger partial charge < -0.3 is 9.84 Å². The molecule has 7 heteroatoms. The van der Waals surface area contributed by atoms with Gasteiger partial charge in [0.25, 0.3) is 0 Å². The van der Waals surface area contributed by atoms with Crippen molar-refractivity contribution in [1.82, 2.24) is 4.72 Å². The number of nitrogens with one attached hydrogen (secondary N) is 1. The lowest BCUT2D eigenvalue weighted by Crippen LogP contribution is -2.39. The Balaban J connectivity index is 1.80. The van der Waals surface area contributed by atoms with Crippen LogP contribution in [0.5, 0.6) is 5.75 Å². The molecule has 0 saturated carbocycles. The van der Waals surface area contributed by atoms with Crippen LogP contribution in [0.3, 0.4) is 0 Å². The first kappa shape index (κ1) is 16.9. The molecule has 1 aliphatic rings. The zero-order chi connectivity index (χ0) is 17.4. The second-order valence-electron chi connectivity index (χ2n) is 5.81. The lowest BCUT2D eigenvalue weighted by Gasteiger charge is -2.24. The summed E-state index contributed by atoms with van der Waals surface area (Å²) in [6, 6.07) is 10.8. The first-order valence-electron chi connectivity index (χ1n) is 7.50. The highest BCUT2D eigenvalue weighted by Crippen LogP contribution is 2.36. The zero-order valence-electron chi connectivity index (χ0n) is 13.1. The average Bonchev–Trinajstić information content (AvgIpc) is 2.91. The molecule has 0 heterocycles. The Morgan fingerprint density at radius 2 is 2.04 bits per heavy atom. The van der Waals surface area contributed by atoms with E-state index >= 15 is 0 Å². The first-order chi connectivity index (χ1) is 11.4. The molecule has 0 saturated heterocycles. The van der Waals surface area contributed by atoms with Crippen molar-refractivity contribution < 1.29 is 22.7 Å². The van der Waals surface area contributed by atoms with Crippen LogP contribution >= 0.6 is 0 Å². The van der Waals surface area contributed by atoms with Gasteiger partial charge in [0, 0.05) is 6.54 Å². The normalized spacial score (nSPS) is 20.0. The molecular formula is C17H18FNO4S. The van der Waals surface area contributed by atoms with E-state index in [-0.39, 0.29) is 17.2 Å². The summed E-state index contributed by atoms with van der Waals surface area (Å²) in [5, 5.41) is 10.8. The molecule has 0 radical (unpaired) electrons. The number of methoxy groups -OCH3 is 1. The number of fused-ring (bicyclic) bond motifs is 1. The molecule has 5 nitrogen and oxygen atoms in total. The van der Waals surface area contributed by atoms with E-state index < -0.39 is 21.4 Å². The summed E-state index contributed by atoms with van der Waals surface area (Å²) in [4.78, 5) is -0.212. The van der Waals surface area contributed by atoms with Crippen molar-refractivity contribution in [3.8, 4) is 5.75 Å². The van der Waals surface area contributed by atoms with Crippen molar-refractivity contribution >= 4 is 10.0 Å². The second kappa shape index (κ2) is 6.16. The highest BCUT2D eigenvalue weighted by molar-refractivity contribution is 7.89. The fourth-order valence-electron chi connectivity index (χ4n) is 2.96. The minimum atomic E-state index is -3.94. The third kappa shape index (κ3) is 3.02. The number of sulfonamides is 1. The van der Waals surface area contributed by atoms with E-state index in [0.29, 0.717) is 12.8 Å². The number of halogens is 1. The predicted octanol–water partition coefficient (Wildman–Crippen LogP) is 1.95. The first-order valence-corrected chi connectivity index (χ1v) is 8.98. The van der Waals surface area contributed by atoms with Gasteiger partial charge in [-0.3, -0.25) is 0 Å². The summed E-state index contributed by atoms with van der Waals surface area (Å²) in [6.45, 7) is -0.167. The van der Waals surface area contributed by atoms with E-state index in [4.69, 9.17) is 4.74 Å². The summed E-state index contributed by atoms with van der Waals surface area (Å²) < 4.78 is 45.6. The summed E-state index contributed by atoms with van der Waals surface area (Å²) in [5.74, 6) is -0.789. The van der Waals surface area contributed by atoms with Gasteiger partial charge in [0.1, 0.15) is 5.60 Å². The molecule has 128 valence electrons. The molecule has 1 aliphatic carbocycles. The number of ether oxygens (including phenoxy) is 1. The molecule has 24 heavy (non-hydrogen) atoms. The van der Waals surface area contributed by atoms with E-state index in [2.05, 4.69) is 4.72 Å². The lowest BCUT2D eigenvalue weighted by atomic mass is 9.96. The van der Waals surface area contributed by atoms with Crippen LogP contribution in [0.15, 0.2) is 47.4 Å². The number of benzene rings is 2.